The first-order valence-corrected chi connectivity index (χ1v) is 12.6. The van der Waals surface area contributed by atoms with Crippen LogP contribution in [0.2, 0.25) is 0 Å². The molecule has 2 fully saturated rings. The fourth-order valence-corrected chi connectivity index (χ4v) is 6.12. The van der Waals surface area contributed by atoms with Crippen LogP contribution in [-0.2, 0) is 16.1 Å². The van der Waals surface area contributed by atoms with Gasteiger partial charge in [0.05, 0.1) is 29.0 Å². The van der Waals surface area contributed by atoms with Crippen LogP contribution in [0.5, 0.6) is 0 Å². The summed E-state index contributed by atoms with van der Waals surface area (Å²) < 4.78 is 7.93. The average molecular weight is 459 g/mol. The lowest BCUT2D eigenvalue weighted by atomic mass is 10.2. The predicted molar refractivity (Wildman–Crippen MR) is 123 cm³/mol. The van der Waals surface area contributed by atoms with Gasteiger partial charge in [0.2, 0.25) is 5.91 Å². The van der Waals surface area contributed by atoms with E-state index < -0.39 is 0 Å². The monoisotopic (exact) mass is 458 g/mol. The number of nitrogens with one attached hydrogen (secondary N) is 1. The van der Waals surface area contributed by atoms with Crippen LogP contribution in [0.25, 0.3) is 20.9 Å². The molecule has 164 valence electrons. The van der Waals surface area contributed by atoms with Crippen LogP contribution in [-0.4, -0.2) is 50.2 Å². The largest absolute Gasteiger partial charge is 0.397 e. The summed E-state index contributed by atoms with van der Waals surface area (Å²) in [4.78, 5) is 18.6. The summed E-state index contributed by atoms with van der Waals surface area (Å²) in [6.45, 7) is 1.43. The molecule has 1 amide bonds. The molecule has 8 nitrogen and oxygen atoms in total. The lowest BCUT2D eigenvalue weighted by Crippen LogP contribution is -2.33. The van der Waals surface area contributed by atoms with Crippen LogP contribution in [0.3, 0.4) is 0 Å². The molecule has 3 aromatic heterocycles. The van der Waals surface area contributed by atoms with Crippen molar-refractivity contribution in [3.8, 4) is 10.7 Å². The minimum absolute atomic E-state index is 0.0516. The van der Waals surface area contributed by atoms with E-state index in [0.717, 1.165) is 58.4 Å². The van der Waals surface area contributed by atoms with E-state index in [1.165, 1.54) is 35.9 Å². The van der Waals surface area contributed by atoms with Gasteiger partial charge in [-0.15, -0.1) is 21.5 Å². The Hall–Kier alpha value is -2.17. The summed E-state index contributed by atoms with van der Waals surface area (Å²) in [7, 11) is 0. The Bertz CT molecular complexity index is 1070. The van der Waals surface area contributed by atoms with Crippen molar-refractivity contribution in [2.45, 2.75) is 62.4 Å². The first-order valence-electron chi connectivity index (χ1n) is 10.8. The zero-order valence-electron chi connectivity index (χ0n) is 17.2. The highest BCUT2D eigenvalue weighted by atomic mass is 32.2. The van der Waals surface area contributed by atoms with Crippen LogP contribution in [0, 0.1) is 0 Å². The highest BCUT2D eigenvalue weighted by molar-refractivity contribution is 7.99. The molecule has 1 saturated heterocycles. The second-order valence-corrected chi connectivity index (χ2v) is 10.0. The van der Waals surface area contributed by atoms with E-state index in [1.807, 2.05) is 12.1 Å². The van der Waals surface area contributed by atoms with Gasteiger partial charge in [0.25, 0.3) is 0 Å². The summed E-state index contributed by atoms with van der Waals surface area (Å²) in [6, 6.07) is 4.18. The number of nitrogens with two attached hydrogens (primary N) is 1. The molecule has 1 aliphatic heterocycles. The maximum Gasteiger partial charge on any atom is 0.230 e. The molecule has 1 atom stereocenters. The van der Waals surface area contributed by atoms with Crippen molar-refractivity contribution in [3.63, 3.8) is 0 Å². The third-order valence-corrected chi connectivity index (χ3v) is 7.98. The number of hydrogen-bond acceptors (Lipinski definition) is 8. The Kier molecular flexibility index (Phi) is 6.10. The number of thiophene rings is 1. The lowest BCUT2D eigenvalue weighted by molar-refractivity contribution is -0.119. The number of pyridine rings is 1. The number of rotatable bonds is 7. The van der Waals surface area contributed by atoms with Gasteiger partial charge < -0.3 is 15.8 Å². The fraction of sp³-hybridized carbons (Fsp3) is 0.524. The summed E-state index contributed by atoms with van der Waals surface area (Å²) in [5, 5.41) is 13.7. The van der Waals surface area contributed by atoms with Crippen molar-refractivity contribution < 1.29 is 9.53 Å². The highest BCUT2D eigenvalue weighted by Crippen LogP contribution is 2.40. The molecule has 0 aromatic carbocycles. The fourth-order valence-electron chi connectivity index (χ4n) is 4.31. The third-order valence-electron chi connectivity index (χ3n) is 5.89. The Morgan fingerprint density at radius 2 is 2.16 bits per heavy atom. The molecule has 1 unspecified atom stereocenters. The second kappa shape index (κ2) is 9.13. The van der Waals surface area contributed by atoms with Gasteiger partial charge in [0.15, 0.2) is 11.0 Å². The van der Waals surface area contributed by atoms with Gasteiger partial charge in [0, 0.05) is 24.2 Å². The molecular weight excluding hydrogens is 432 g/mol. The van der Waals surface area contributed by atoms with Crippen molar-refractivity contribution in [3.05, 3.63) is 18.3 Å². The number of carbonyl (C=O) groups excluding carboxylic acids is 1. The maximum absolute atomic E-state index is 12.4. The van der Waals surface area contributed by atoms with Crippen molar-refractivity contribution in [2.75, 3.05) is 18.1 Å². The number of anilines is 1. The molecule has 1 aliphatic carbocycles. The molecular formula is C21H26N6O2S2. The predicted octanol–water partition coefficient (Wildman–Crippen LogP) is 3.47. The summed E-state index contributed by atoms with van der Waals surface area (Å²) in [5.41, 5.74) is 7.13. The molecule has 3 aromatic rings. The van der Waals surface area contributed by atoms with Gasteiger partial charge >= 0.3 is 0 Å². The number of hydrogen-bond donors (Lipinski definition) is 2. The van der Waals surface area contributed by atoms with Crippen molar-refractivity contribution >= 4 is 44.9 Å². The Morgan fingerprint density at radius 1 is 1.29 bits per heavy atom. The molecule has 31 heavy (non-hydrogen) atoms. The summed E-state index contributed by atoms with van der Waals surface area (Å²) in [6.07, 6.45) is 8.50. The van der Waals surface area contributed by atoms with Crippen LogP contribution < -0.4 is 11.1 Å². The van der Waals surface area contributed by atoms with Gasteiger partial charge in [-0.3, -0.25) is 9.36 Å². The zero-order chi connectivity index (χ0) is 21.2. The van der Waals surface area contributed by atoms with Gasteiger partial charge in [-0.1, -0.05) is 24.6 Å². The minimum Gasteiger partial charge on any atom is -0.397 e. The van der Waals surface area contributed by atoms with E-state index in [4.69, 9.17) is 10.5 Å². The SMILES string of the molecule is Nc1c(-c2nnc(SCC(=O)NC3CCCC3)n2CC2CCCO2)sc2ncccc12. The zero-order valence-corrected chi connectivity index (χ0v) is 18.9. The molecule has 0 bridgehead atoms. The van der Waals surface area contributed by atoms with Crippen LogP contribution in [0.1, 0.15) is 38.5 Å². The molecule has 1 saturated carbocycles. The number of nitrogens with zero attached hydrogens (tertiary/aromatic N) is 4. The lowest BCUT2D eigenvalue weighted by Gasteiger charge is -2.15. The summed E-state index contributed by atoms with van der Waals surface area (Å²) >= 11 is 2.94. The molecule has 0 radical (unpaired) electrons. The van der Waals surface area contributed by atoms with Crippen LogP contribution in [0.4, 0.5) is 5.69 Å². The number of nitrogen functional groups attached to an aromatic ring is 1. The Morgan fingerprint density at radius 3 is 2.94 bits per heavy atom. The number of thioether (sulfide) groups is 1. The number of amides is 1. The van der Waals surface area contributed by atoms with Gasteiger partial charge in [0.1, 0.15) is 4.83 Å². The smallest absolute Gasteiger partial charge is 0.230 e. The van der Waals surface area contributed by atoms with E-state index in [-0.39, 0.29) is 12.0 Å². The van der Waals surface area contributed by atoms with E-state index in [2.05, 4.69) is 25.1 Å². The Labute approximate surface area is 189 Å². The average Bonchev–Trinajstić information content (AvgIpc) is 3.56. The maximum atomic E-state index is 12.4. The number of carbonyl (C=O) groups is 1. The topological polar surface area (TPSA) is 108 Å². The molecule has 10 heteroatoms. The van der Waals surface area contributed by atoms with Crippen molar-refractivity contribution in [1.29, 1.82) is 0 Å². The van der Waals surface area contributed by atoms with Crippen molar-refractivity contribution in [1.82, 2.24) is 25.1 Å². The van der Waals surface area contributed by atoms with Gasteiger partial charge in [-0.05, 0) is 37.8 Å². The number of aromatic nitrogens is 4. The number of ether oxygens (including phenoxy) is 1. The molecule has 5 rings (SSSR count). The first-order chi connectivity index (χ1) is 15.2. The Balaban J connectivity index is 1.40. The van der Waals surface area contributed by atoms with E-state index in [0.29, 0.717) is 24.0 Å². The molecule has 0 spiro atoms. The normalized spacial score (nSPS) is 19.4. The second-order valence-electron chi connectivity index (χ2n) is 8.09. The highest BCUT2D eigenvalue weighted by Gasteiger charge is 2.25. The van der Waals surface area contributed by atoms with Crippen molar-refractivity contribution in [2.24, 2.45) is 0 Å². The van der Waals surface area contributed by atoms with E-state index >= 15 is 0 Å². The van der Waals surface area contributed by atoms with Crippen LogP contribution in [0.15, 0.2) is 23.5 Å². The van der Waals surface area contributed by atoms with Gasteiger partial charge in [-0.25, -0.2) is 4.98 Å². The quantitative estimate of drug-likeness (QED) is 0.522. The van der Waals surface area contributed by atoms with Gasteiger partial charge in [-0.2, -0.15) is 0 Å². The first kappa shape index (κ1) is 20.7. The van der Waals surface area contributed by atoms with Crippen LogP contribution >= 0.6 is 23.1 Å². The van der Waals surface area contributed by atoms with E-state index in [9.17, 15) is 4.79 Å². The molecule has 3 N–H and O–H groups in total. The van der Waals surface area contributed by atoms with E-state index in [1.54, 1.807) is 6.20 Å². The standard InChI is InChI=1S/C21H26N6O2S2/c22-17-15-8-3-9-23-20(15)31-18(17)19-25-26-21(27(19)11-14-7-4-10-29-14)30-12-16(28)24-13-5-1-2-6-13/h3,8-9,13-14H,1-2,4-7,10-12,22H2,(H,24,28). The number of fused-ring (bicyclic) bond motifs is 1. The third kappa shape index (κ3) is 4.42. The molecule has 2 aliphatic rings. The summed E-state index contributed by atoms with van der Waals surface area (Å²) in [5.74, 6) is 1.09. The molecule has 4 heterocycles. The minimum atomic E-state index is 0.0516.